The SMILES string of the molecule is O=C(CCCl)N1CCN(C(=O)c2ccc(Br)cc2)CC1. The molecule has 0 atom stereocenters. The first-order valence-corrected chi connectivity index (χ1v) is 7.83. The number of amides is 2. The lowest BCUT2D eigenvalue weighted by Gasteiger charge is -2.34. The van der Waals surface area contributed by atoms with Gasteiger partial charge in [-0.2, -0.15) is 0 Å². The summed E-state index contributed by atoms with van der Waals surface area (Å²) in [4.78, 5) is 27.6. The Labute approximate surface area is 131 Å². The summed E-state index contributed by atoms with van der Waals surface area (Å²) in [5.74, 6) is 0.425. The minimum atomic E-state index is 0.0157. The van der Waals surface area contributed by atoms with Crippen molar-refractivity contribution in [1.29, 1.82) is 0 Å². The van der Waals surface area contributed by atoms with E-state index in [0.29, 0.717) is 44.0 Å². The average Bonchev–Trinajstić information content (AvgIpc) is 2.48. The highest BCUT2D eigenvalue weighted by molar-refractivity contribution is 9.10. The molecule has 2 amide bonds. The fraction of sp³-hybridized carbons (Fsp3) is 0.429. The molecule has 108 valence electrons. The fourth-order valence-corrected chi connectivity index (χ4v) is 2.60. The van der Waals surface area contributed by atoms with Crippen molar-refractivity contribution >= 4 is 39.3 Å². The zero-order chi connectivity index (χ0) is 14.5. The van der Waals surface area contributed by atoms with E-state index in [1.165, 1.54) is 0 Å². The molecule has 1 aromatic carbocycles. The van der Waals surface area contributed by atoms with Crippen molar-refractivity contribution in [3.8, 4) is 0 Å². The molecule has 0 aromatic heterocycles. The maximum absolute atomic E-state index is 12.3. The van der Waals surface area contributed by atoms with Gasteiger partial charge in [-0.05, 0) is 24.3 Å². The zero-order valence-electron chi connectivity index (χ0n) is 11.0. The van der Waals surface area contributed by atoms with Crippen LogP contribution >= 0.6 is 27.5 Å². The number of carbonyl (C=O) groups is 2. The molecule has 0 unspecified atom stereocenters. The van der Waals surface area contributed by atoms with Crippen LogP contribution < -0.4 is 0 Å². The van der Waals surface area contributed by atoms with Gasteiger partial charge in [0, 0.05) is 48.5 Å². The molecule has 1 saturated heterocycles. The molecule has 20 heavy (non-hydrogen) atoms. The zero-order valence-corrected chi connectivity index (χ0v) is 13.4. The van der Waals surface area contributed by atoms with E-state index in [2.05, 4.69) is 15.9 Å². The molecule has 1 aromatic rings. The van der Waals surface area contributed by atoms with Gasteiger partial charge in [-0.15, -0.1) is 11.6 Å². The third-order valence-corrected chi connectivity index (χ3v) is 4.04. The van der Waals surface area contributed by atoms with Crippen molar-refractivity contribution in [2.75, 3.05) is 32.1 Å². The summed E-state index contributed by atoms with van der Waals surface area (Å²) in [5, 5.41) is 0. The predicted octanol–water partition coefficient (Wildman–Crippen LogP) is 2.36. The van der Waals surface area contributed by atoms with E-state index >= 15 is 0 Å². The molecule has 6 heteroatoms. The summed E-state index contributed by atoms with van der Waals surface area (Å²) < 4.78 is 0.950. The van der Waals surface area contributed by atoms with Crippen LogP contribution in [0.5, 0.6) is 0 Å². The van der Waals surface area contributed by atoms with E-state index in [1.54, 1.807) is 21.9 Å². The first-order chi connectivity index (χ1) is 9.61. The fourth-order valence-electron chi connectivity index (χ4n) is 2.17. The largest absolute Gasteiger partial charge is 0.339 e. The molecule has 0 aliphatic carbocycles. The second-order valence-electron chi connectivity index (χ2n) is 4.62. The Bertz CT molecular complexity index is 484. The van der Waals surface area contributed by atoms with E-state index in [4.69, 9.17) is 11.6 Å². The van der Waals surface area contributed by atoms with Crippen molar-refractivity contribution in [3.63, 3.8) is 0 Å². The lowest BCUT2D eigenvalue weighted by molar-refractivity contribution is -0.132. The van der Waals surface area contributed by atoms with Crippen molar-refractivity contribution < 1.29 is 9.59 Å². The summed E-state index contributed by atoms with van der Waals surface area (Å²) in [6, 6.07) is 7.32. The molecule has 0 bridgehead atoms. The Kier molecular flexibility index (Phi) is 5.43. The highest BCUT2D eigenvalue weighted by Crippen LogP contribution is 2.14. The summed E-state index contributed by atoms with van der Waals surface area (Å²) in [6.45, 7) is 2.31. The highest BCUT2D eigenvalue weighted by Gasteiger charge is 2.24. The van der Waals surface area contributed by atoms with Crippen LogP contribution in [0.3, 0.4) is 0 Å². The molecule has 0 N–H and O–H groups in total. The van der Waals surface area contributed by atoms with Crippen LogP contribution in [0, 0.1) is 0 Å². The molecule has 1 aliphatic rings. The molecule has 1 fully saturated rings. The van der Waals surface area contributed by atoms with Gasteiger partial charge < -0.3 is 9.80 Å². The lowest BCUT2D eigenvalue weighted by atomic mass is 10.2. The Balaban J connectivity index is 1.92. The first-order valence-electron chi connectivity index (χ1n) is 6.50. The van der Waals surface area contributed by atoms with Gasteiger partial charge in [-0.3, -0.25) is 9.59 Å². The Hall–Kier alpha value is -1.07. The summed E-state index contributed by atoms with van der Waals surface area (Å²) in [6.07, 6.45) is 0.363. The van der Waals surface area contributed by atoms with Gasteiger partial charge >= 0.3 is 0 Å². The maximum atomic E-state index is 12.3. The van der Waals surface area contributed by atoms with Crippen LogP contribution in [-0.4, -0.2) is 53.7 Å². The van der Waals surface area contributed by atoms with E-state index in [0.717, 1.165) is 4.47 Å². The number of hydrogen-bond donors (Lipinski definition) is 0. The molecule has 1 heterocycles. The molecule has 0 radical (unpaired) electrons. The van der Waals surface area contributed by atoms with Crippen molar-refractivity contribution in [3.05, 3.63) is 34.3 Å². The van der Waals surface area contributed by atoms with Gasteiger partial charge in [-0.25, -0.2) is 0 Å². The number of piperazine rings is 1. The topological polar surface area (TPSA) is 40.6 Å². The van der Waals surface area contributed by atoms with E-state index in [-0.39, 0.29) is 11.8 Å². The lowest BCUT2D eigenvalue weighted by Crippen LogP contribution is -2.50. The second-order valence-corrected chi connectivity index (χ2v) is 5.91. The Morgan fingerprint density at radius 2 is 1.60 bits per heavy atom. The number of rotatable bonds is 3. The standard InChI is InChI=1S/C14H16BrClN2O2/c15-12-3-1-11(2-4-12)14(20)18-9-7-17(8-10-18)13(19)5-6-16/h1-4H,5-10H2. The van der Waals surface area contributed by atoms with Crippen LogP contribution in [0.2, 0.25) is 0 Å². The van der Waals surface area contributed by atoms with E-state index < -0.39 is 0 Å². The number of hydrogen-bond acceptors (Lipinski definition) is 2. The Morgan fingerprint density at radius 1 is 1.05 bits per heavy atom. The first kappa shape index (κ1) is 15.3. The minimum Gasteiger partial charge on any atom is -0.339 e. The predicted molar refractivity (Wildman–Crippen MR) is 82.0 cm³/mol. The van der Waals surface area contributed by atoms with Crippen molar-refractivity contribution in [2.45, 2.75) is 6.42 Å². The number of benzene rings is 1. The van der Waals surface area contributed by atoms with Crippen LogP contribution in [0.1, 0.15) is 16.8 Å². The normalized spacial score (nSPS) is 15.3. The third-order valence-electron chi connectivity index (χ3n) is 3.32. The Morgan fingerprint density at radius 3 is 2.15 bits per heavy atom. The highest BCUT2D eigenvalue weighted by atomic mass is 79.9. The third kappa shape index (κ3) is 3.73. The molecular weight excluding hydrogens is 344 g/mol. The van der Waals surface area contributed by atoms with Crippen LogP contribution in [0.15, 0.2) is 28.7 Å². The second kappa shape index (κ2) is 7.09. The summed E-state index contributed by atoms with van der Waals surface area (Å²) in [7, 11) is 0. The molecular formula is C14H16BrClN2O2. The van der Waals surface area contributed by atoms with Crippen LogP contribution in [0.25, 0.3) is 0 Å². The molecule has 1 aliphatic heterocycles. The number of nitrogens with zero attached hydrogens (tertiary/aromatic N) is 2. The van der Waals surface area contributed by atoms with Gasteiger partial charge in [0.2, 0.25) is 5.91 Å². The molecule has 0 spiro atoms. The molecule has 0 saturated carbocycles. The van der Waals surface area contributed by atoms with Gasteiger partial charge in [0.25, 0.3) is 5.91 Å². The smallest absolute Gasteiger partial charge is 0.253 e. The number of halogens is 2. The van der Waals surface area contributed by atoms with Gasteiger partial charge in [0.05, 0.1) is 0 Å². The number of alkyl halides is 1. The number of carbonyl (C=O) groups excluding carboxylic acids is 2. The minimum absolute atomic E-state index is 0.0157. The van der Waals surface area contributed by atoms with Gasteiger partial charge in [0.1, 0.15) is 0 Å². The van der Waals surface area contributed by atoms with Crippen LogP contribution in [-0.2, 0) is 4.79 Å². The summed E-state index contributed by atoms with van der Waals surface area (Å²) in [5.41, 5.74) is 0.675. The van der Waals surface area contributed by atoms with E-state index in [1.807, 2.05) is 12.1 Å². The average molecular weight is 360 g/mol. The monoisotopic (exact) mass is 358 g/mol. The van der Waals surface area contributed by atoms with E-state index in [9.17, 15) is 9.59 Å². The van der Waals surface area contributed by atoms with Gasteiger partial charge in [-0.1, -0.05) is 15.9 Å². The molecule has 4 nitrogen and oxygen atoms in total. The van der Waals surface area contributed by atoms with Crippen molar-refractivity contribution in [1.82, 2.24) is 9.80 Å². The quantitative estimate of drug-likeness (QED) is 0.777. The summed E-state index contributed by atoms with van der Waals surface area (Å²) >= 11 is 8.92. The maximum Gasteiger partial charge on any atom is 0.253 e. The van der Waals surface area contributed by atoms with Gasteiger partial charge in [0.15, 0.2) is 0 Å². The molecule has 2 rings (SSSR count). The van der Waals surface area contributed by atoms with Crippen LogP contribution in [0.4, 0.5) is 0 Å². The van der Waals surface area contributed by atoms with Crippen molar-refractivity contribution in [2.24, 2.45) is 0 Å².